The van der Waals surface area contributed by atoms with Gasteiger partial charge in [-0.2, -0.15) is 0 Å². The van der Waals surface area contributed by atoms with E-state index in [1.807, 2.05) is 13.0 Å². The molecule has 2 nitrogen and oxygen atoms in total. The van der Waals surface area contributed by atoms with Crippen LogP contribution >= 0.6 is 15.9 Å². The molecule has 1 aliphatic rings. The molecule has 1 saturated carbocycles. The smallest absolute Gasteiger partial charge is 0.313 e. The molecule has 3 atom stereocenters. The van der Waals surface area contributed by atoms with E-state index in [1.54, 1.807) is 0 Å². The Bertz CT molecular complexity index is 498. The van der Waals surface area contributed by atoms with Crippen LogP contribution in [0.3, 0.4) is 0 Å². The highest BCUT2D eigenvalue weighted by atomic mass is 79.9. The Labute approximate surface area is 136 Å². The lowest BCUT2D eigenvalue weighted by Crippen LogP contribution is -2.28. The molecule has 1 fully saturated rings. The Morgan fingerprint density at radius 2 is 2.19 bits per heavy atom. The van der Waals surface area contributed by atoms with Crippen molar-refractivity contribution in [2.24, 2.45) is 11.8 Å². The molecule has 0 aromatic heterocycles. The lowest BCUT2D eigenvalue weighted by atomic mass is 9.72. The average Bonchev–Trinajstić information content (AvgIpc) is 2.43. The van der Waals surface area contributed by atoms with Crippen LogP contribution in [-0.4, -0.2) is 12.6 Å². The summed E-state index contributed by atoms with van der Waals surface area (Å²) in [6.07, 6.45) is 4.74. The highest BCUT2D eigenvalue weighted by molar-refractivity contribution is 9.10. The Morgan fingerprint density at radius 3 is 2.86 bits per heavy atom. The molecule has 0 aliphatic heterocycles. The molecule has 0 heterocycles. The number of halogens is 1. The van der Waals surface area contributed by atoms with Crippen LogP contribution in [0.4, 0.5) is 0 Å². The maximum absolute atomic E-state index is 12.6. The Balaban J connectivity index is 2.35. The predicted molar refractivity (Wildman–Crippen MR) is 89.4 cm³/mol. The van der Waals surface area contributed by atoms with Gasteiger partial charge in [0, 0.05) is 4.47 Å². The van der Waals surface area contributed by atoms with Gasteiger partial charge in [-0.3, -0.25) is 4.79 Å². The van der Waals surface area contributed by atoms with E-state index in [9.17, 15) is 4.79 Å². The van der Waals surface area contributed by atoms with E-state index in [4.69, 9.17) is 4.74 Å². The molecule has 0 spiro atoms. The summed E-state index contributed by atoms with van der Waals surface area (Å²) in [5.74, 6) is 0.928. The Kier molecular flexibility index (Phi) is 5.86. The first kappa shape index (κ1) is 16.5. The van der Waals surface area contributed by atoms with Gasteiger partial charge < -0.3 is 4.74 Å². The van der Waals surface area contributed by atoms with Gasteiger partial charge in [0.25, 0.3) is 0 Å². The molecule has 1 aromatic rings. The molecule has 3 heteroatoms. The molecular formula is C18H25BrO2. The molecule has 0 bridgehead atoms. The van der Waals surface area contributed by atoms with Crippen LogP contribution in [0, 0.1) is 18.8 Å². The molecule has 116 valence electrons. The summed E-state index contributed by atoms with van der Waals surface area (Å²) in [5, 5.41) is 0. The maximum Gasteiger partial charge on any atom is 0.313 e. The molecule has 1 aromatic carbocycles. The minimum atomic E-state index is -0.120. The number of carbonyl (C=O) groups is 1. The van der Waals surface area contributed by atoms with Crippen molar-refractivity contribution < 1.29 is 9.53 Å². The van der Waals surface area contributed by atoms with Gasteiger partial charge in [-0.15, -0.1) is 0 Å². The van der Waals surface area contributed by atoms with Crippen LogP contribution < -0.4 is 0 Å². The summed E-state index contributed by atoms with van der Waals surface area (Å²) < 4.78 is 6.42. The summed E-state index contributed by atoms with van der Waals surface area (Å²) in [7, 11) is 0. The van der Waals surface area contributed by atoms with Gasteiger partial charge in [-0.1, -0.05) is 41.8 Å². The third-order valence-electron chi connectivity index (χ3n) is 4.57. The number of esters is 1. The van der Waals surface area contributed by atoms with Crippen molar-refractivity contribution in [3.63, 3.8) is 0 Å². The number of benzene rings is 1. The quantitative estimate of drug-likeness (QED) is 0.693. The summed E-state index contributed by atoms with van der Waals surface area (Å²) in [4.78, 5) is 12.6. The van der Waals surface area contributed by atoms with Gasteiger partial charge in [0.05, 0.1) is 12.5 Å². The topological polar surface area (TPSA) is 26.3 Å². The van der Waals surface area contributed by atoms with Gasteiger partial charge in [-0.05, 0) is 61.8 Å². The first-order valence-corrected chi connectivity index (χ1v) is 8.75. The second-order valence-electron chi connectivity index (χ2n) is 6.26. The number of rotatable bonds is 4. The molecular weight excluding hydrogens is 328 g/mol. The largest absolute Gasteiger partial charge is 0.466 e. The van der Waals surface area contributed by atoms with E-state index < -0.39 is 0 Å². The lowest BCUT2D eigenvalue weighted by molar-refractivity contribution is -0.146. The van der Waals surface area contributed by atoms with Crippen molar-refractivity contribution in [3.05, 3.63) is 33.8 Å². The van der Waals surface area contributed by atoms with Gasteiger partial charge in [0.15, 0.2) is 0 Å². The predicted octanol–water partition coefficient (Wildman–Crippen LogP) is 5.23. The average molecular weight is 353 g/mol. The molecule has 2 rings (SSSR count). The Morgan fingerprint density at radius 1 is 1.43 bits per heavy atom. The summed E-state index contributed by atoms with van der Waals surface area (Å²) in [6.45, 7) is 6.71. The summed E-state index contributed by atoms with van der Waals surface area (Å²) in [5.41, 5.74) is 2.30. The molecule has 0 radical (unpaired) electrons. The number of hydrogen-bond donors (Lipinski definition) is 0. The van der Waals surface area contributed by atoms with Gasteiger partial charge >= 0.3 is 5.97 Å². The number of aryl methyl sites for hydroxylation is 1. The fourth-order valence-electron chi connectivity index (χ4n) is 3.54. The number of carbonyl (C=O) groups excluding carboxylic acids is 1. The monoisotopic (exact) mass is 352 g/mol. The highest BCUT2D eigenvalue weighted by Crippen LogP contribution is 2.40. The minimum Gasteiger partial charge on any atom is -0.466 e. The van der Waals surface area contributed by atoms with Crippen LogP contribution in [0.25, 0.3) is 0 Å². The molecule has 0 amide bonds. The molecule has 3 unspecified atom stereocenters. The first-order valence-electron chi connectivity index (χ1n) is 7.95. The number of ether oxygens (including phenoxy) is 1. The van der Waals surface area contributed by atoms with Crippen LogP contribution in [-0.2, 0) is 9.53 Å². The zero-order valence-corrected chi connectivity index (χ0v) is 14.8. The lowest BCUT2D eigenvalue weighted by Gasteiger charge is -2.33. The molecule has 1 aliphatic carbocycles. The zero-order valence-electron chi connectivity index (χ0n) is 13.2. The van der Waals surface area contributed by atoms with E-state index in [-0.39, 0.29) is 11.9 Å². The van der Waals surface area contributed by atoms with E-state index in [1.165, 1.54) is 18.4 Å². The summed E-state index contributed by atoms with van der Waals surface area (Å²) >= 11 is 3.54. The minimum absolute atomic E-state index is 0.0576. The maximum atomic E-state index is 12.6. The van der Waals surface area contributed by atoms with Crippen LogP contribution in [0.15, 0.2) is 22.7 Å². The van der Waals surface area contributed by atoms with Crippen molar-refractivity contribution in [2.45, 2.75) is 52.4 Å². The summed E-state index contributed by atoms with van der Waals surface area (Å²) in [6, 6.07) is 6.21. The molecule has 21 heavy (non-hydrogen) atoms. The van der Waals surface area contributed by atoms with Crippen molar-refractivity contribution >= 4 is 21.9 Å². The van der Waals surface area contributed by atoms with Crippen LogP contribution in [0.1, 0.15) is 56.6 Å². The van der Waals surface area contributed by atoms with E-state index >= 15 is 0 Å². The van der Waals surface area contributed by atoms with Crippen molar-refractivity contribution in [1.82, 2.24) is 0 Å². The van der Waals surface area contributed by atoms with Crippen molar-refractivity contribution in [2.75, 3.05) is 6.61 Å². The van der Waals surface area contributed by atoms with Crippen LogP contribution in [0.2, 0.25) is 0 Å². The van der Waals surface area contributed by atoms with E-state index in [0.29, 0.717) is 18.4 Å². The number of hydrogen-bond acceptors (Lipinski definition) is 2. The highest BCUT2D eigenvalue weighted by Gasteiger charge is 2.34. The first-order chi connectivity index (χ1) is 10.0. The molecule has 0 N–H and O–H groups in total. The second kappa shape index (κ2) is 7.44. The SMILES string of the molecule is CCOC(=O)C(c1cc(Br)ccc1C)C1CCCC(C)C1. The van der Waals surface area contributed by atoms with Gasteiger partial charge in [-0.25, -0.2) is 0 Å². The normalized spacial score (nSPS) is 23.6. The fourth-order valence-corrected chi connectivity index (χ4v) is 3.91. The van der Waals surface area contributed by atoms with Gasteiger partial charge in [0.1, 0.15) is 0 Å². The second-order valence-corrected chi connectivity index (χ2v) is 7.18. The van der Waals surface area contributed by atoms with E-state index in [0.717, 1.165) is 22.9 Å². The fraction of sp³-hybridized carbons (Fsp3) is 0.611. The van der Waals surface area contributed by atoms with Crippen molar-refractivity contribution in [3.8, 4) is 0 Å². The van der Waals surface area contributed by atoms with Gasteiger partial charge in [0.2, 0.25) is 0 Å². The third kappa shape index (κ3) is 4.09. The van der Waals surface area contributed by atoms with E-state index in [2.05, 4.69) is 41.9 Å². The Hall–Kier alpha value is -0.830. The van der Waals surface area contributed by atoms with Crippen molar-refractivity contribution in [1.29, 1.82) is 0 Å². The third-order valence-corrected chi connectivity index (χ3v) is 5.06. The van der Waals surface area contributed by atoms with Crippen LogP contribution in [0.5, 0.6) is 0 Å². The standard InChI is InChI=1S/C18H25BrO2/c1-4-21-18(20)17(14-7-5-6-12(2)10-14)16-11-15(19)9-8-13(16)3/h8-9,11-12,14,17H,4-7,10H2,1-3H3. The molecule has 0 saturated heterocycles. The zero-order chi connectivity index (χ0) is 15.4.